The van der Waals surface area contributed by atoms with Crippen molar-refractivity contribution < 1.29 is 4.74 Å². The molecule has 106 valence electrons. The molecule has 0 unspecified atom stereocenters. The number of hydrogen-bond donors (Lipinski definition) is 0. The number of aromatic nitrogens is 1. The summed E-state index contributed by atoms with van der Waals surface area (Å²) in [5.74, 6) is 1.50. The van der Waals surface area contributed by atoms with Gasteiger partial charge in [-0.3, -0.25) is 0 Å². The summed E-state index contributed by atoms with van der Waals surface area (Å²) in [5, 5.41) is 0. The van der Waals surface area contributed by atoms with Gasteiger partial charge in [0.1, 0.15) is 5.75 Å². The van der Waals surface area contributed by atoms with Gasteiger partial charge in [-0.05, 0) is 47.3 Å². The Kier molecular flexibility index (Phi) is 4.19. The van der Waals surface area contributed by atoms with Gasteiger partial charge in [0.25, 0.3) is 0 Å². The number of benzene rings is 1. The maximum atomic E-state index is 5.99. The third kappa shape index (κ3) is 3.40. The molecule has 2 rings (SSSR count). The zero-order valence-electron chi connectivity index (χ0n) is 12.6. The Labute approximate surface area is 129 Å². The summed E-state index contributed by atoms with van der Waals surface area (Å²) in [5.41, 5.74) is 3.39. The molecule has 1 aromatic carbocycles. The molecule has 0 saturated heterocycles. The molecule has 0 aliphatic rings. The van der Waals surface area contributed by atoms with Crippen LogP contribution in [-0.4, -0.2) is 4.98 Å². The molecule has 3 heteroatoms. The number of pyridine rings is 1. The molecule has 0 radical (unpaired) electrons. The largest absolute Gasteiger partial charge is 0.439 e. The molecule has 0 aliphatic carbocycles. The minimum atomic E-state index is 0.0335. The van der Waals surface area contributed by atoms with Crippen LogP contribution in [0.5, 0.6) is 11.6 Å². The molecule has 0 aliphatic heterocycles. The predicted molar refractivity (Wildman–Crippen MR) is 86.6 cm³/mol. The fourth-order valence-electron chi connectivity index (χ4n) is 2.01. The number of rotatable bonds is 2. The second-order valence-corrected chi connectivity index (χ2v) is 6.92. The third-order valence-electron chi connectivity index (χ3n) is 3.15. The number of ether oxygens (including phenoxy) is 1. The maximum absolute atomic E-state index is 5.99. The Balaban J connectivity index is 2.40. The summed E-state index contributed by atoms with van der Waals surface area (Å²) < 4.78 is 6.99. The van der Waals surface area contributed by atoms with E-state index in [0.29, 0.717) is 5.88 Å². The lowest BCUT2D eigenvalue weighted by atomic mass is 9.85. The van der Waals surface area contributed by atoms with E-state index in [-0.39, 0.29) is 5.41 Å². The zero-order valence-corrected chi connectivity index (χ0v) is 14.2. The summed E-state index contributed by atoms with van der Waals surface area (Å²) in [4.78, 5) is 4.44. The van der Waals surface area contributed by atoms with Crippen molar-refractivity contribution in [1.29, 1.82) is 0 Å². The molecule has 2 aromatic rings. The molecule has 0 N–H and O–H groups in total. The van der Waals surface area contributed by atoms with Crippen molar-refractivity contribution in [3.8, 4) is 11.6 Å². The average molecular weight is 334 g/mol. The number of hydrogen-bond acceptors (Lipinski definition) is 2. The fourth-order valence-corrected chi connectivity index (χ4v) is 2.23. The quantitative estimate of drug-likeness (QED) is 0.718. The van der Waals surface area contributed by atoms with Crippen molar-refractivity contribution in [2.45, 2.75) is 40.0 Å². The van der Waals surface area contributed by atoms with Gasteiger partial charge < -0.3 is 4.74 Å². The molecule has 0 fully saturated rings. The van der Waals surface area contributed by atoms with Crippen molar-refractivity contribution in [3.05, 3.63) is 51.6 Å². The van der Waals surface area contributed by atoms with E-state index in [9.17, 15) is 0 Å². The van der Waals surface area contributed by atoms with Crippen LogP contribution in [0.25, 0.3) is 0 Å². The van der Waals surface area contributed by atoms with Crippen LogP contribution in [0.3, 0.4) is 0 Å². The Bertz CT molecular complexity index is 629. The summed E-state index contributed by atoms with van der Waals surface area (Å²) in [6.07, 6.45) is 0. The molecular formula is C17H20BrNO. The molecule has 2 nitrogen and oxygen atoms in total. The van der Waals surface area contributed by atoms with Crippen LogP contribution in [0, 0.1) is 13.8 Å². The highest BCUT2D eigenvalue weighted by molar-refractivity contribution is 9.10. The highest BCUT2D eigenvalue weighted by Gasteiger charge is 2.19. The molecule has 1 aromatic heterocycles. The second kappa shape index (κ2) is 5.57. The number of aryl methyl sites for hydroxylation is 2. The van der Waals surface area contributed by atoms with Gasteiger partial charge in [0.05, 0.1) is 5.69 Å². The molecule has 0 spiro atoms. The van der Waals surface area contributed by atoms with Crippen molar-refractivity contribution in [3.63, 3.8) is 0 Å². The Morgan fingerprint density at radius 3 is 2.35 bits per heavy atom. The van der Waals surface area contributed by atoms with Gasteiger partial charge in [-0.2, -0.15) is 0 Å². The lowest BCUT2D eigenvalue weighted by Crippen LogP contribution is -2.13. The Hall–Kier alpha value is -1.35. The van der Waals surface area contributed by atoms with Crippen LogP contribution >= 0.6 is 15.9 Å². The van der Waals surface area contributed by atoms with Gasteiger partial charge in [0.15, 0.2) is 0 Å². The van der Waals surface area contributed by atoms with E-state index in [0.717, 1.165) is 15.9 Å². The van der Waals surface area contributed by atoms with Gasteiger partial charge in [0.2, 0.25) is 5.88 Å². The van der Waals surface area contributed by atoms with Crippen LogP contribution < -0.4 is 4.74 Å². The first-order valence-corrected chi connectivity index (χ1v) is 7.49. The molecule has 0 atom stereocenters. The van der Waals surface area contributed by atoms with Crippen LogP contribution in [0.4, 0.5) is 0 Å². The molecule has 0 saturated carbocycles. The first-order chi connectivity index (χ1) is 9.27. The van der Waals surface area contributed by atoms with Crippen LogP contribution in [0.1, 0.15) is 37.6 Å². The minimum Gasteiger partial charge on any atom is -0.439 e. The first kappa shape index (κ1) is 15.0. The second-order valence-electron chi connectivity index (χ2n) is 6.07. The fraction of sp³-hybridized carbons (Fsp3) is 0.353. The zero-order chi connectivity index (χ0) is 14.9. The lowest BCUT2D eigenvalue weighted by Gasteiger charge is -2.23. The van der Waals surface area contributed by atoms with E-state index < -0.39 is 0 Å². The van der Waals surface area contributed by atoms with Gasteiger partial charge in [-0.1, -0.05) is 38.5 Å². The summed E-state index contributed by atoms with van der Waals surface area (Å²) >= 11 is 3.45. The maximum Gasteiger partial charge on any atom is 0.219 e. The van der Waals surface area contributed by atoms with E-state index in [2.05, 4.69) is 60.7 Å². The lowest BCUT2D eigenvalue weighted by molar-refractivity contribution is 0.438. The third-order valence-corrected chi connectivity index (χ3v) is 3.99. The standard InChI is InChI=1S/C17H20BrNO/c1-11-6-8-15(13(10-11)17(3,4)5)20-16-9-7-14(18)12(2)19-16/h6-10H,1-5H3. The normalized spacial score (nSPS) is 11.5. The molecule has 20 heavy (non-hydrogen) atoms. The first-order valence-electron chi connectivity index (χ1n) is 6.69. The highest BCUT2D eigenvalue weighted by atomic mass is 79.9. The Morgan fingerprint density at radius 2 is 1.75 bits per heavy atom. The smallest absolute Gasteiger partial charge is 0.219 e. The van der Waals surface area contributed by atoms with Gasteiger partial charge >= 0.3 is 0 Å². The van der Waals surface area contributed by atoms with Gasteiger partial charge in [-0.15, -0.1) is 0 Å². The SMILES string of the molecule is Cc1ccc(Oc2ccc(Br)c(C)n2)c(C(C)(C)C)c1. The Morgan fingerprint density at radius 1 is 1.05 bits per heavy atom. The van der Waals surface area contributed by atoms with Crippen molar-refractivity contribution in [2.75, 3.05) is 0 Å². The van der Waals surface area contributed by atoms with Gasteiger partial charge in [0, 0.05) is 16.1 Å². The van der Waals surface area contributed by atoms with Crippen LogP contribution in [0.2, 0.25) is 0 Å². The minimum absolute atomic E-state index is 0.0335. The molecule has 1 heterocycles. The van der Waals surface area contributed by atoms with Crippen molar-refractivity contribution in [1.82, 2.24) is 4.98 Å². The molecule has 0 bridgehead atoms. The van der Waals surface area contributed by atoms with Gasteiger partial charge in [-0.25, -0.2) is 4.98 Å². The summed E-state index contributed by atoms with van der Waals surface area (Å²) in [7, 11) is 0. The average Bonchev–Trinajstić information content (AvgIpc) is 2.35. The predicted octanol–water partition coefficient (Wildman–Crippen LogP) is 5.55. The molecular weight excluding hydrogens is 314 g/mol. The van der Waals surface area contributed by atoms with E-state index in [1.165, 1.54) is 11.1 Å². The number of halogens is 1. The van der Waals surface area contributed by atoms with E-state index >= 15 is 0 Å². The monoisotopic (exact) mass is 333 g/mol. The van der Waals surface area contributed by atoms with Crippen molar-refractivity contribution >= 4 is 15.9 Å². The van der Waals surface area contributed by atoms with E-state index in [1.807, 2.05) is 25.1 Å². The molecule has 0 amide bonds. The topological polar surface area (TPSA) is 22.1 Å². The van der Waals surface area contributed by atoms with Crippen LogP contribution in [-0.2, 0) is 5.41 Å². The van der Waals surface area contributed by atoms with Crippen LogP contribution in [0.15, 0.2) is 34.8 Å². The van der Waals surface area contributed by atoms with Crippen molar-refractivity contribution in [2.24, 2.45) is 0 Å². The van der Waals surface area contributed by atoms with E-state index in [4.69, 9.17) is 4.74 Å². The highest BCUT2D eigenvalue weighted by Crippen LogP contribution is 2.34. The van der Waals surface area contributed by atoms with E-state index in [1.54, 1.807) is 0 Å². The summed E-state index contributed by atoms with van der Waals surface area (Å²) in [6.45, 7) is 10.6. The summed E-state index contributed by atoms with van der Waals surface area (Å²) in [6, 6.07) is 10.1. The number of nitrogens with zero attached hydrogens (tertiary/aromatic N) is 1.